The van der Waals surface area contributed by atoms with Gasteiger partial charge in [0.2, 0.25) is 0 Å². The quantitative estimate of drug-likeness (QED) is 0.639. The lowest BCUT2D eigenvalue weighted by Crippen LogP contribution is -1.90. The fourth-order valence-electron chi connectivity index (χ4n) is 1.52. The van der Waals surface area contributed by atoms with Crippen LogP contribution in [0.4, 0.5) is 0 Å². The van der Waals surface area contributed by atoms with E-state index in [0.717, 1.165) is 11.1 Å². The van der Waals surface area contributed by atoms with Crippen LogP contribution in [0.25, 0.3) is 10.9 Å². The van der Waals surface area contributed by atoms with Gasteiger partial charge in [0.05, 0.1) is 17.1 Å². The van der Waals surface area contributed by atoms with E-state index < -0.39 is 0 Å². The molecule has 2 nitrogen and oxygen atoms in total. The first-order chi connectivity index (χ1) is 6.20. The third-order valence-electron chi connectivity index (χ3n) is 2.27. The Labute approximate surface area is 82.1 Å². The molecule has 3 heteroatoms. The molecule has 0 amide bonds. The van der Waals surface area contributed by atoms with E-state index >= 15 is 0 Å². The molecule has 0 bridgehead atoms. The first-order valence-corrected chi connectivity index (χ1v) is 4.67. The number of hydrogen-bond donors (Lipinski definition) is 0. The van der Waals surface area contributed by atoms with Crippen molar-refractivity contribution >= 4 is 22.5 Å². The predicted octanol–water partition coefficient (Wildman–Crippen LogP) is 2.87. The lowest BCUT2D eigenvalue weighted by atomic mass is 10.1. The van der Waals surface area contributed by atoms with Crippen molar-refractivity contribution in [2.45, 2.75) is 12.3 Å². The van der Waals surface area contributed by atoms with Crippen LogP contribution in [-0.4, -0.2) is 9.55 Å². The molecule has 1 atom stereocenters. The average molecular weight is 195 g/mol. The van der Waals surface area contributed by atoms with Crippen LogP contribution in [0.15, 0.2) is 24.7 Å². The number of nitrogens with zero attached hydrogens (tertiary/aromatic N) is 2. The van der Waals surface area contributed by atoms with Gasteiger partial charge in [0.15, 0.2) is 0 Å². The van der Waals surface area contributed by atoms with Gasteiger partial charge in [-0.3, -0.25) is 4.98 Å². The third-order valence-corrected chi connectivity index (χ3v) is 2.51. The topological polar surface area (TPSA) is 17.8 Å². The number of aromatic nitrogens is 2. The van der Waals surface area contributed by atoms with Gasteiger partial charge in [0.25, 0.3) is 0 Å². The van der Waals surface area contributed by atoms with Gasteiger partial charge in [-0.15, -0.1) is 11.6 Å². The summed E-state index contributed by atoms with van der Waals surface area (Å²) in [4.78, 5) is 4.16. The summed E-state index contributed by atoms with van der Waals surface area (Å²) in [6.07, 6.45) is 5.72. The van der Waals surface area contributed by atoms with Crippen molar-refractivity contribution in [2.24, 2.45) is 7.05 Å². The van der Waals surface area contributed by atoms with Gasteiger partial charge in [-0.2, -0.15) is 0 Å². The largest absolute Gasteiger partial charge is 0.349 e. The molecule has 2 aromatic heterocycles. The SMILES string of the molecule is CC(Cl)c1cncc2c1ccn2C. The molecule has 0 aliphatic heterocycles. The number of alkyl halides is 1. The molecule has 0 fully saturated rings. The maximum Gasteiger partial charge on any atom is 0.0667 e. The number of halogens is 1. The maximum absolute atomic E-state index is 6.04. The normalized spacial score (nSPS) is 13.5. The second-order valence-corrected chi connectivity index (χ2v) is 3.86. The van der Waals surface area contributed by atoms with Crippen LogP contribution in [-0.2, 0) is 7.05 Å². The summed E-state index contributed by atoms with van der Waals surface area (Å²) in [5, 5.41) is 1.21. The van der Waals surface area contributed by atoms with Gasteiger partial charge >= 0.3 is 0 Å². The second kappa shape index (κ2) is 3.04. The van der Waals surface area contributed by atoms with E-state index in [9.17, 15) is 0 Å². The van der Waals surface area contributed by atoms with Gasteiger partial charge in [-0.05, 0) is 18.6 Å². The summed E-state index contributed by atoms with van der Waals surface area (Å²) in [5.41, 5.74) is 2.23. The van der Waals surface area contributed by atoms with Gasteiger partial charge in [0.1, 0.15) is 0 Å². The van der Waals surface area contributed by atoms with Crippen LogP contribution >= 0.6 is 11.6 Å². The highest BCUT2D eigenvalue weighted by molar-refractivity contribution is 6.21. The number of hydrogen-bond acceptors (Lipinski definition) is 1. The first kappa shape index (κ1) is 8.57. The molecule has 0 N–H and O–H groups in total. The Kier molecular flexibility index (Phi) is 2.00. The van der Waals surface area contributed by atoms with Crippen molar-refractivity contribution in [3.63, 3.8) is 0 Å². The molecular formula is C10H11ClN2. The molecule has 0 aliphatic carbocycles. The van der Waals surface area contributed by atoms with E-state index in [0.29, 0.717) is 0 Å². The Bertz CT molecular complexity index is 431. The molecule has 2 aromatic rings. The Hall–Kier alpha value is -1.02. The Morgan fingerprint density at radius 1 is 1.46 bits per heavy atom. The molecule has 0 saturated carbocycles. The number of pyridine rings is 1. The fraction of sp³-hybridized carbons (Fsp3) is 0.300. The molecular weight excluding hydrogens is 184 g/mol. The average Bonchev–Trinajstić information content (AvgIpc) is 2.48. The zero-order chi connectivity index (χ0) is 9.42. The third kappa shape index (κ3) is 1.31. The minimum absolute atomic E-state index is 0.0126. The standard InChI is InChI=1S/C10H11ClN2/c1-7(11)9-5-12-6-10-8(9)3-4-13(10)2/h3-7H,1-2H3. The fourth-order valence-corrected chi connectivity index (χ4v) is 1.70. The molecule has 68 valence electrons. The summed E-state index contributed by atoms with van der Waals surface area (Å²) in [6, 6.07) is 2.07. The van der Waals surface area contributed by atoms with Crippen LogP contribution in [0.1, 0.15) is 17.9 Å². The van der Waals surface area contributed by atoms with Crippen molar-refractivity contribution in [1.29, 1.82) is 0 Å². The molecule has 0 aromatic carbocycles. The molecule has 0 spiro atoms. The smallest absolute Gasteiger partial charge is 0.0667 e. The first-order valence-electron chi connectivity index (χ1n) is 4.23. The summed E-state index contributed by atoms with van der Waals surface area (Å²) in [7, 11) is 2.01. The van der Waals surface area contributed by atoms with Crippen molar-refractivity contribution < 1.29 is 0 Å². The highest BCUT2D eigenvalue weighted by atomic mass is 35.5. The van der Waals surface area contributed by atoms with Gasteiger partial charge in [-0.25, -0.2) is 0 Å². The summed E-state index contributed by atoms with van der Waals surface area (Å²) in [5.74, 6) is 0. The Morgan fingerprint density at radius 2 is 2.23 bits per heavy atom. The summed E-state index contributed by atoms with van der Waals surface area (Å²) >= 11 is 6.04. The second-order valence-electron chi connectivity index (χ2n) is 3.20. The molecule has 0 radical (unpaired) electrons. The van der Waals surface area contributed by atoms with Crippen LogP contribution in [0.3, 0.4) is 0 Å². The van der Waals surface area contributed by atoms with Gasteiger partial charge in [-0.1, -0.05) is 0 Å². The Morgan fingerprint density at radius 3 is 2.92 bits per heavy atom. The minimum Gasteiger partial charge on any atom is -0.349 e. The lowest BCUT2D eigenvalue weighted by molar-refractivity contribution is 0.962. The predicted molar refractivity (Wildman–Crippen MR) is 55.0 cm³/mol. The molecule has 13 heavy (non-hydrogen) atoms. The van der Waals surface area contributed by atoms with Crippen LogP contribution in [0.2, 0.25) is 0 Å². The summed E-state index contributed by atoms with van der Waals surface area (Å²) < 4.78 is 2.05. The van der Waals surface area contributed by atoms with E-state index in [1.807, 2.05) is 37.1 Å². The maximum atomic E-state index is 6.04. The zero-order valence-corrected chi connectivity index (χ0v) is 8.42. The van der Waals surface area contributed by atoms with Crippen LogP contribution < -0.4 is 0 Å². The summed E-state index contributed by atoms with van der Waals surface area (Å²) in [6.45, 7) is 1.96. The molecule has 0 saturated heterocycles. The van der Waals surface area contributed by atoms with E-state index in [1.54, 1.807) is 0 Å². The van der Waals surface area contributed by atoms with E-state index in [1.165, 1.54) is 5.39 Å². The van der Waals surface area contributed by atoms with Crippen LogP contribution in [0, 0.1) is 0 Å². The lowest BCUT2D eigenvalue weighted by Gasteiger charge is -2.04. The monoisotopic (exact) mass is 194 g/mol. The van der Waals surface area contributed by atoms with Crippen LogP contribution in [0.5, 0.6) is 0 Å². The minimum atomic E-state index is 0.0126. The molecule has 2 heterocycles. The highest BCUT2D eigenvalue weighted by Gasteiger charge is 2.08. The van der Waals surface area contributed by atoms with Crippen molar-refractivity contribution in [3.05, 3.63) is 30.2 Å². The molecule has 0 aliphatic rings. The van der Waals surface area contributed by atoms with Crippen molar-refractivity contribution in [1.82, 2.24) is 9.55 Å². The van der Waals surface area contributed by atoms with Crippen molar-refractivity contribution in [2.75, 3.05) is 0 Å². The number of aryl methyl sites for hydroxylation is 1. The zero-order valence-electron chi connectivity index (χ0n) is 7.66. The highest BCUT2D eigenvalue weighted by Crippen LogP contribution is 2.27. The number of rotatable bonds is 1. The molecule has 2 rings (SSSR count). The van der Waals surface area contributed by atoms with Gasteiger partial charge < -0.3 is 4.57 Å². The molecule has 1 unspecified atom stereocenters. The van der Waals surface area contributed by atoms with E-state index in [4.69, 9.17) is 11.6 Å². The van der Waals surface area contributed by atoms with E-state index in [2.05, 4.69) is 11.1 Å². The Balaban J connectivity index is 2.77. The van der Waals surface area contributed by atoms with Crippen molar-refractivity contribution in [3.8, 4) is 0 Å². The van der Waals surface area contributed by atoms with E-state index in [-0.39, 0.29) is 5.38 Å². The number of fused-ring (bicyclic) bond motifs is 1. The van der Waals surface area contributed by atoms with Gasteiger partial charge in [0, 0.05) is 24.8 Å².